The smallest absolute Gasteiger partial charge is 0.465 e. The van der Waals surface area contributed by atoms with Crippen molar-refractivity contribution in [1.82, 2.24) is 5.32 Å². The molecule has 34 heavy (non-hydrogen) atoms. The quantitative estimate of drug-likeness (QED) is 0.376. The van der Waals surface area contributed by atoms with Crippen molar-refractivity contribution < 1.29 is 14.3 Å². The van der Waals surface area contributed by atoms with Crippen LogP contribution in [-0.4, -0.2) is 30.6 Å². The second kappa shape index (κ2) is 9.81. The monoisotopic (exact) mass is 457 g/mol. The lowest BCUT2D eigenvalue weighted by Gasteiger charge is -2.34. The highest BCUT2D eigenvalue weighted by atomic mass is 16.5. The van der Waals surface area contributed by atoms with Crippen molar-refractivity contribution in [3.8, 4) is 6.07 Å². The average molecular weight is 458 g/mol. The Morgan fingerprint density at radius 3 is 2.68 bits per heavy atom. The Hall–Kier alpha value is -4.09. The third kappa shape index (κ3) is 4.51. The molecule has 1 unspecified atom stereocenters. The number of allylic oxidation sites excluding steroid dienone is 1. The van der Waals surface area contributed by atoms with Gasteiger partial charge in [-0.1, -0.05) is 19.9 Å². The fourth-order valence-corrected chi connectivity index (χ4v) is 4.33. The van der Waals surface area contributed by atoms with Crippen molar-refractivity contribution in [1.29, 1.82) is 5.26 Å². The average Bonchev–Trinajstić information content (AvgIpc) is 3.27. The zero-order chi connectivity index (χ0) is 25.0. The first kappa shape index (κ1) is 24.6. The molecule has 0 aromatic heterocycles. The summed E-state index contributed by atoms with van der Waals surface area (Å²) < 4.78 is 5.39. The Bertz CT molecular complexity index is 1200. The van der Waals surface area contributed by atoms with E-state index in [0.717, 1.165) is 24.1 Å². The Balaban J connectivity index is 1.86. The van der Waals surface area contributed by atoms with Gasteiger partial charge < -0.3 is 15.0 Å². The van der Waals surface area contributed by atoms with Gasteiger partial charge in [-0.3, -0.25) is 9.59 Å². The molecule has 0 fully saturated rings. The molecule has 3 rings (SSSR count). The van der Waals surface area contributed by atoms with Crippen LogP contribution in [0, 0.1) is 30.4 Å². The maximum Gasteiger partial charge on any atom is 0.544 e. The van der Waals surface area contributed by atoms with E-state index in [0.29, 0.717) is 25.1 Å². The van der Waals surface area contributed by atoms with E-state index < -0.39 is 5.91 Å². The maximum absolute atomic E-state index is 12.7. The number of amides is 1. The van der Waals surface area contributed by atoms with Gasteiger partial charge in [0.15, 0.2) is 5.70 Å². The number of fused-ring (bicyclic) bond motifs is 1. The number of benzene rings is 1. The largest absolute Gasteiger partial charge is 0.544 e. The Morgan fingerprint density at radius 2 is 2.06 bits per heavy atom. The first-order valence-electron chi connectivity index (χ1n) is 11.2. The van der Waals surface area contributed by atoms with Gasteiger partial charge in [-0.15, -0.1) is 0 Å². The highest BCUT2D eigenvalue weighted by Gasteiger charge is 2.38. The van der Waals surface area contributed by atoms with Crippen LogP contribution < -0.4 is 10.2 Å². The summed E-state index contributed by atoms with van der Waals surface area (Å²) >= 11 is 0. The number of esters is 1. The van der Waals surface area contributed by atoms with Crippen LogP contribution in [0.1, 0.15) is 51.7 Å². The fourth-order valence-electron chi connectivity index (χ4n) is 4.33. The fraction of sp³-hybridized carbons (Fsp3) is 0.423. The molecule has 0 saturated carbocycles. The number of hydrogen-bond donors (Lipinski definition) is 1. The number of anilines is 1. The molecule has 2 aliphatic heterocycles. The predicted octanol–water partition coefficient (Wildman–Crippen LogP) is 4.22. The van der Waals surface area contributed by atoms with Crippen molar-refractivity contribution >= 4 is 23.1 Å². The second-order valence-electron chi connectivity index (χ2n) is 9.05. The van der Waals surface area contributed by atoms with Crippen molar-refractivity contribution in [3.63, 3.8) is 0 Å². The summed E-state index contributed by atoms with van der Waals surface area (Å²) in [5, 5.41) is 12.2. The molecule has 8 heteroatoms. The van der Waals surface area contributed by atoms with E-state index in [1.54, 1.807) is 6.07 Å². The Morgan fingerprint density at radius 1 is 1.35 bits per heavy atom. The summed E-state index contributed by atoms with van der Waals surface area (Å²) in [4.78, 5) is 33.1. The molecule has 174 valence electrons. The summed E-state index contributed by atoms with van der Waals surface area (Å²) in [7, 11) is 0. The van der Waals surface area contributed by atoms with E-state index in [4.69, 9.17) is 17.9 Å². The number of nitriles is 1. The standard InChI is InChI=1S/C26H27N5O3/c1-7-16(2)25(33)34-12-8-11-31-20-10-9-17(13-18(20)14-26(31,3)4)21-19(15-27)22(30-24(21)32)23(28-5)29-6/h9-10,13,16H,7-8,11-12,14H2,1-4H3,(H,30,32). The van der Waals surface area contributed by atoms with Gasteiger partial charge >= 0.3 is 11.8 Å². The zero-order valence-corrected chi connectivity index (χ0v) is 19.9. The molecule has 1 amide bonds. The predicted molar refractivity (Wildman–Crippen MR) is 128 cm³/mol. The van der Waals surface area contributed by atoms with Gasteiger partial charge in [-0.25, -0.2) is 0 Å². The van der Waals surface area contributed by atoms with E-state index >= 15 is 0 Å². The van der Waals surface area contributed by atoms with E-state index in [1.807, 2.05) is 32.0 Å². The summed E-state index contributed by atoms with van der Waals surface area (Å²) in [6, 6.07) is 7.63. The molecular formula is C26H27N5O3. The lowest BCUT2D eigenvalue weighted by Crippen LogP contribution is -2.42. The van der Waals surface area contributed by atoms with Crippen LogP contribution in [0.5, 0.6) is 0 Å². The Kier molecular flexibility index (Phi) is 7.08. The molecule has 1 N–H and O–H groups in total. The van der Waals surface area contributed by atoms with E-state index in [-0.39, 0.29) is 40.1 Å². The van der Waals surface area contributed by atoms with Crippen molar-refractivity contribution in [3.05, 3.63) is 69.3 Å². The summed E-state index contributed by atoms with van der Waals surface area (Å²) in [5.41, 5.74) is 2.67. The first-order valence-corrected chi connectivity index (χ1v) is 11.2. The van der Waals surface area contributed by atoms with Crippen LogP contribution in [0.15, 0.2) is 35.3 Å². The van der Waals surface area contributed by atoms with E-state index in [1.165, 1.54) is 0 Å². The van der Waals surface area contributed by atoms with Crippen LogP contribution in [0.25, 0.3) is 15.3 Å². The number of carbonyl (C=O) groups is 2. The molecule has 2 heterocycles. The van der Waals surface area contributed by atoms with Gasteiger partial charge in [-0.05, 0) is 56.4 Å². The van der Waals surface area contributed by atoms with Gasteiger partial charge in [0, 0.05) is 17.8 Å². The summed E-state index contributed by atoms with van der Waals surface area (Å²) in [6.45, 7) is 23.5. The van der Waals surface area contributed by atoms with Crippen molar-refractivity contribution in [2.24, 2.45) is 5.92 Å². The summed E-state index contributed by atoms with van der Waals surface area (Å²) in [5.74, 6) is -1.09. The number of ether oxygens (including phenoxy) is 1. The molecule has 0 bridgehead atoms. The topological polar surface area (TPSA) is 91.2 Å². The maximum atomic E-state index is 12.7. The van der Waals surface area contributed by atoms with Gasteiger partial charge in [0.1, 0.15) is 19.2 Å². The van der Waals surface area contributed by atoms with Gasteiger partial charge in [0.25, 0.3) is 5.91 Å². The normalized spacial score (nSPS) is 16.8. The molecule has 1 aromatic carbocycles. The van der Waals surface area contributed by atoms with Crippen molar-refractivity contribution in [2.45, 2.75) is 52.5 Å². The second-order valence-corrected chi connectivity index (χ2v) is 9.05. The lowest BCUT2D eigenvalue weighted by atomic mass is 9.95. The van der Waals surface area contributed by atoms with E-state index in [9.17, 15) is 14.9 Å². The van der Waals surface area contributed by atoms with E-state index in [2.05, 4.69) is 33.8 Å². The van der Waals surface area contributed by atoms with Gasteiger partial charge in [0.05, 0.1) is 23.7 Å². The number of nitrogens with zero attached hydrogens (tertiary/aromatic N) is 4. The number of carbonyl (C=O) groups excluding carboxylic acids is 2. The first-order chi connectivity index (χ1) is 16.2. The summed E-state index contributed by atoms with van der Waals surface area (Å²) in [6.07, 6.45) is 2.20. The third-order valence-corrected chi connectivity index (χ3v) is 6.31. The molecule has 2 aliphatic rings. The highest BCUT2D eigenvalue weighted by Crippen LogP contribution is 2.41. The number of hydrogen-bond acceptors (Lipinski definition) is 5. The number of nitrogens with one attached hydrogen (secondary N) is 1. The van der Waals surface area contributed by atoms with Crippen LogP contribution in [0.4, 0.5) is 5.69 Å². The minimum Gasteiger partial charge on any atom is -0.465 e. The van der Waals surface area contributed by atoms with Crippen LogP contribution in [-0.2, 0) is 20.7 Å². The minimum atomic E-state index is -0.492. The van der Waals surface area contributed by atoms with Gasteiger partial charge in [-0.2, -0.15) is 15.0 Å². The third-order valence-electron chi connectivity index (χ3n) is 6.31. The van der Waals surface area contributed by atoms with Crippen LogP contribution in [0.3, 0.4) is 0 Å². The molecular weight excluding hydrogens is 430 g/mol. The minimum absolute atomic E-state index is 0.0178. The molecule has 0 spiro atoms. The van der Waals surface area contributed by atoms with Gasteiger partial charge in [0.2, 0.25) is 0 Å². The van der Waals surface area contributed by atoms with Crippen LogP contribution >= 0.6 is 0 Å². The van der Waals surface area contributed by atoms with Crippen molar-refractivity contribution in [2.75, 3.05) is 18.1 Å². The molecule has 1 aromatic rings. The molecule has 0 radical (unpaired) electrons. The molecule has 0 aliphatic carbocycles. The van der Waals surface area contributed by atoms with Crippen LogP contribution in [0.2, 0.25) is 0 Å². The molecule has 0 saturated heterocycles. The SMILES string of the molecule is [C-]#[N+]C([N+]#[C-])=C1NC(=O)C(c2ccc3c(c2)CC(C)(C)N3CCCOC(=O)C(C)CC)=C1C#N. The highest BCUT2D eigenvalue weighted by molar-refractivity contribution is 6.26. The lowest BCUT2D eigenvalue weighted by molar-refractivity contribution is -0.148. The number of rotatable bonds is 7. The Labute approximate surface area is 200 Å². The zero-order valence-electron chi connectivity index (χ0n) is 19.9. The molecule has 1 atom stereocenters. The molecule has 8 nitrogen and oxygen atoms in total.